The third kappa shape index (κ3) is 20.5. The summed E-state index contributed by atoms with van der Waals surface area (Å²) in [7, 11) is -4.69. The summed E-state index contributed by atoms with van der Waals surface area (Å²) >= 11 is 0. The molecule has 3 N–H and O–H groups in total. The minimum absolute atomic E-state index is 0.0183. The van der Waals surface area contributed by atoms with Crippen LogP contribution in [-0.4, -0.2) is 34.9 Å². The molecule has 0 spiro atoms. The number of hydrogen-bond donors (Lipinski definition) is 3. The molecule has 7 nitrogen and oxygen atoms in total. The van der Waals surface area contributed by atoms with Gasteiger partial charge in [-0.2, -0.15) is 0 Å². The van der Waals surface area contributed by atoms with Crippen molar-refractivity contribution >= 4 is 13.7 Å². The van der Waals surface area contributed by atoms with Crippen molar-refractivity contribution in [3.05, 3.63) is 30.3 Å². The van der Waals surface area contributed by atoms with Gasteiger partial charge in [0.1, 0.15) is 18.5 Å². The monoisotopic (exact) mass is 513 g/mol. The maximum absolute atomic E-state index is 12.1. The molecule has 8 heteroatoms. The molecule has 1 rings (SSSR count). The number of nitrogens with one attached hydrogen (secondary N) is 1. The molecule has 0 aliphatic heterocycles. The Balaban J connectivity index is 2.02. The van der Waals surface area contributed by atoms with Gasteiger partial charge in [-0.3, -0.25) is 9.32 Å². The van der Waals surface area contributed by atoms with E-state index in [4.69, 9.17) is 19.0 Å². The third-order valence-electron chi connectivity index (χ3n) is 6.00. The number of hydrogen-bond acceptors (Lipinski definition) is 4. The predicted octanol–water partition coefficient (Wildman–Crippen LogP) is 6.92. The number of phosphoric ester groups is 1. The molecule has 1 amide bonds. The highest BCUT2D eigenvalue weighted by Gasteiger charge is 2.23. The quantitative estimate of drug-likeness (QED) is 0.108. The second-order valence-electron chi connectivity index (χ2n) is 9.35. The average molecular weight is 514 g/mol. The molecule has 0 saturated carbocycles. The topological polar surface area (TPSA) is 105 Å². The largest absolute Gasteiger partial charge is 0.491 e. The fraction of sp³-hybridized carbons (Fsp3) is 0.741. The molecule has 0 saturated heterocycles. The van der Waals surface area contributed by atoms with Crippen molar-refractivity contribution in [2.24, 2.45) is 0 Å². The number of para-hydroxylation sites is 1. The smallest absolute Gasteiger partial charge is 0.470 e. The summed E-state index contributed by atoms with van der Waals surface area (Å²) < 4.78 is 21.5. The molecular weight excluding hydrogens is 465 g/mol. The normalized spacial score (nSPS) is 12.4. The van der Waals surface area contributed by atoms with E-state index >= 15 is 0 Å². The van der Waals surface area contributed by atoms with Crippen molar-refractivity contribution in [1.29, 1.82) is 0 Å². The summed E-state index contributed by atoms with van der Waals surface area (Å²) in [5.41, 5.74) is 0. The zero-order valence-electron chi connectivity index (χ0n) is 21.7. The third-order valence-corrected chi connectivity index (χ3v) is 6.57. The van der Waals surface area contributed by atoms with Crippen LogP contribution in [0.2, 0.25) is 0 Å². The first kappa shape index (κ1) is 31.6. The van der Waals surface area contributed by atoms with E-state index in [0.717, 1.165) is 19.3 Å². The fourth-order valence-corrected chi connectivity index (χ4v) is 4.52. The van der Waals surface area contributed by atoms with Gasteiger partial charge in [0.2, 0.25) is 5.91 Å². The van der Waals surface area contributed by atoms with E-state index < -0.39 is 13.9 Å². The Labute approximate surface area is 212 Å². The van der Waals surface area contributed by atoms with Crippen molar-refractivity contribution in [1.82, 2.24) is 5.32 Å². The lowest BCUT2D eigenvalue weighted by Gasteiger charge is -2.19. The molecule has 0 fully saturated rings. The van der Waals surface area contributed by atoms with E-state index in [1.165, 1.54) is 77.0 Å². The molecular formula is C27H48NO6P. The van der Waals surface area contributed by atoms with E-state index in [1.807, 2.05) is 6.07 Å². The second kappa shape index (κ2) is 20.8. The van der Waals surface area contributed by atoms with Crippen LogP contribution in [0.15, 0.2) is 30.3 Å². The van der Waals surface area contributed by atoms with Crippen molar-refractivity contribution < 1.29 is 28.4 Å². The van der Waals surface area contributed by atoms with Gasteiger partial charge in [-0.1, -0.05) is 115 Å². The van der Waals surface area contributed by atoms with Crippen LogP contribution in [0, 0.1) is 0 Å². The van der Waals surface area contributed by atoms with Crippen molar-refractivity contribution in [3.8, 4) is 5.75 Å². The minimum atomic E-state index is -4.69. The van der Waals surface area contributed by atoms with Crippen molar-refractivity contribution in [2.75, 3.05) is 13.2 Å². The van der Waals surface area contributed by atoms with Crippen LogP contribution < -0.4 is 10.1 Å². The molecule has 0 radical (unpaired) electrons. The van der Waals surface area contributed by atoms with Gasteiger partial charge in [-0.25, -0.2) is 4.57 Å². The van der Waals surface area contributed by atoms with Crippen LogP contribution in [0.4, 0.5) is 0 Å². The lowest BCUT2D eigenvalue weighted by molar-refractivity contribution is -0.121. The van der Waals surface area contributed by atoms with Gasteiger partial charge >= 0.3 is 7.82 Å². The molecule has 0 bridgehead atoms. The predicted molar refractivity (Wildman–Crippen MR) is 141 cm³/mol. The number of phosphoric acid groups is 1. The van der Waals surface area contributed by atoms with Gasteiger partial charge in [-0.05, 0) is 18.6 Å². The number of carbonyl (C=O) groups is 1. The Bertz CT molecular complexity index is 682. The van der Waals surface area contributed by atoms with E-state index in [1.54, 1.807) is 24.3 Å². The second-order valence-corrected chi connectivity index (χ2v) is 10.5. The average Bonchev–Trinajstić information content (AvgIpc) is 2.83. The van der Waals surface area contributed by atoms with Gasteiger partial charge in [-0.15, -0.1) is 0 Å². The molecule has 1 aromatic rings. The number of unbranched alkanes of at least 4 members (excludes halogenated alkanes) is 14. The van der Waals surface area contributed by atoms with Crippen LogP contribution in [0.3, 0.4) is 0 Å². The van der Waals surface area contributed by atoms with E-state index in [0.29, 0.717) is 12.2 Å². The lowest BCUT2D eigenvalue weighted by Crippen LogP contribution is -2.36. The Morgan fingerprint density at radius 3 is 1.80 bits per heavy atom. The number of ether oxygens (including phenoxy) is 1. The van der Waals surface area contributed by atoms with Gasteiger partial charge in [0.05, 0.1) is 0 Å². The SMILES string of the molecule is CCCCCCCCCCCCCCCCCC(=O)NC[C@H](COc1ccccc1)OP(=O)(O)O. The summed E-state index contributed by atoms with van der Waals surface area (Å²) in [5.74, 6) is 0.426. The van der Waals surface area contributed by atoms with Crippen LogP contribution in [-0.2, 0) is 13.9 Å². The summed E-state index contributed by atoms with van der Waals surface area (Å²) in [6.07, 6.45) is 18.6. The first-order chi connectivity index (χ1) is 16.9. The molecule has 1 aromatic carbocycles. The van der Waals surface area contributed by atoms with Gasteiger partial charge < -0.3 is 19.8 Å². The maximum atomic E-state index is 12.1. The fourth-order valence-electron chi connectivity index (χ4n) is 4.00. The van der Waals surface area contributed by atoms with Crippen LogP contribution in [0.25, 0.3) is 0 Å². The highest BCUT2D eigenvalue weighted by atomic mass is 31.2. The van der Waals surface area contributed by atoms with Crippen LogP contribution in [0.1, 0.15) is 110 Å². The maximum Gasteiger partial charge on any atom is 0.470 e. The summed E-state index contributed by atoms with van der Waals surface area (Å²) in [4.78, 5) is 30.4. The Morgan fingerprint density at radius 1 is 0.829 bits per heavy atom. The summed E-state index contributed by atoms with van der Waals surface area (Å²) in [5, 5.41) is 2.70. The first-order valence-electron chi connectivity index (χ1n) is 13.6. The first-order valence-corrected chi connectivity index (χ1v) is 15.1. The summed E-state index contributed by atoms with van der Waals surface area (Å²) in [6.45, 7) is 2.16. The zero-order chi connectivity index (χ0) is 25.6. The van der Waals surface area contributed by atoms with Crippen molar-refractivity contribution in [2.45, 2.75) is 116 Å². The molecule has 202 valence electrons. The minimum Gasteiger partial charge on any atom is -0.491 e. The molecule has 1 atom stereocenters. The Hall–Kier alpha value is -1.40. The molecule has 0 aliphatic carbocycles. The van der Waals surface area contributed by atoms with Gasteiger partial charge in [0.25, 0.3) is 0 Å². The number of rotatable bonds is 23. The number of carbonyl (C=O) groups excluding carboxylic acids is 1. The molecule has 0 heterocycles. The standard InChI is InChI=1S/C27H48NO6P/c1-2-3-4-5-6-7-8-9-10-11-12-13-14-15-19-22-27(29)28-23-26(34-35(30,31)32)24-33-25-20-17-16-18-21-25/h16-18,20-21,26H,2-15,19,22-24H2,1H3,(H,28,29)(H2,30,31,32)/t26-/m1/s1. The van der Waals surface area contributed by atoms with E-state index in [9.17, 15) is 9.36 Å². The van der Waals surface area contributed by atoms with Gasteiger partial charge in [0.15, 0.2) is 0 Å². The molecule has 0 aliphatic rings. The number of benzene rings is 1. The molecule has 35 heavy (non-hydrogen) atoms. The Morgan fingerprint density at radius 2 is 1.31 bits per heavy atom. The highest BCUT2D eigenvalue weighted by molar-refractivity contribution is 7.46. The summed E-state index contributed by atoms with van der Waals surface area (Å²) in [6, 6.07) is 8.92. The Kier molecular flexibility index (Phi) is 18.8. The van der Waals surface area contributed by atoms with E-state index in [2.05, 4.69) is 12.2 Å². The molecule has 0 aromatic heterocycles. The van der Waals surface area contributed by atoms with Crippen molar-refractivity contribution in [3.63, 3.8) is 0 Å². The van der Waals surface area contributed by atoms with Gasteiger partial charge in [0, 0.05) is 13.0 Å². The highest BCUT2D eigenvalue weighted by Crippen LogP contribution is 2.37. The van der Waals surface area contributed by atoms with Crippen LogP contribution >= 0.6 is 7.82 Å². The number of amides is 1. The van der Waals surface area contributed by atoms with Crippen LogP contribution in [0.5, 0.6) is 5.75 Å². The van der Waals surface area contributed by atoms with E-state index in [-0.39, 0.29) is 19.1 Å². The zero-order valence-corrected chi connectivity index (χ0v) is 22.6. The molecule has 0 unspecified atom stereocenters. The lowest BCUT2D eigenvalue weighted by atomic mass is 10.0.